The Kier molecular flexibility index (Phi) is 10.2. The van der Waals surface area contributed by atoms with E-state index in [1.165, 1.54) is 0 Å². The van der Waals surface area contributed by atoms with Gasteiger partial charge in [0.1, 0.15) is 11.5 Å². The molecule has 0 aliphatic rings. The van der Waals surface area contributed by atoms with Crippen LogP contribution in [0.25, 0.3) is 0 Å². The third kappa shape index (κ3) is 8.23. The molecule has 0 saturated carbocycles. The van der Waals surface area contributed by atoms with Crippen LogP contribution in [0.4, 0.5) is 0 Å². The van der Waals surface area contributed by atoms with Crippen molar-refractivity contribution in [3.8, 4) is 11.5 Å². The van der Waals surface area contributed by atoms with Crippen molar-refractivity contribution in [3.63, 3.8) is 0 Å². The monoisotopic (exact) mass is 364 g/mol. The summed E-state index contributed by atoms with van der Waals surface area (Å²) in [5.74, 6) is 1.37. The van der Waals surface area contributed by atoms with E-state index in [2.05, 4.69) is 15.9 Å². The summed E-state index contributed by atoms with van der Waals surface area (Å²) in [6.45, 7) is 2.42. The molecule has 0 aromatic heterocycles. The van der Waals surface area contributed by atoms with Crippen LogP contribution in [0, 0.1) is 0 Å². The number of hydrogen-bond donors (Lipinski definition) is 0. The Morgan fingerprint density at radius 3 is 2.05 bits per heavy atom. The van der Waals surface area contributed by atoms with Gasteiger partial charge in [0, 0.05) is 14.2 Å². The predicted octanol–water partition coefficient (Wildman–Crippen LogP) is 2.45. The van der Waals surface area contributed by atoms with E-state index >= 15 is 0 Å². The van der Waals surface area contributed by atoms with E-state index in [0.717, 1.165) is 4.47 Å². The van der Waals surface area contributed by atoms with Gasteiger partial charge in [-0.15, -0.1) is 0 Å². The smallest absolute Gasteiger partial charge is 0.189 e. The molecule has 0 saturated heterocycles. The molecule has 0 bridgehead atoms. The van der Waals surface area contributed by atoms with Gasteiger partial charge in [-0.05, 0) is 34.1 Å². The summed E-state index contributed by atoms with van der Waals surface area (Å²) in [6, 6.07) is 5.41. The van der Waals surface area contributed by atoms with Crippen LogP contribution in [-0.2, 0) is 18.9 Å². The lowest BCUT2D eigenvalue weighted by molar-refractivity contribution is -0.0104. The highest BCUT2D eigenvalue weighted by molar-refractivity contribution is 9.10. The fraction of sp³-hybridized carbons (Fsp3) is 0.571. The highest BCUT2D eigenvalue weighted by atomic mass is 79.9. The van der Waals surface area contributed by atoms with Crippen molar-refractivity contribution in [1.29, 1.82) is 0 Å². The molecule has 1 aromatic rings. The first-order chi connectivity index (χ1) is 10.3. The molecule has 6 nitrogen and oxygen atoms in total. The molecule has 0 atom stereocenters. The van der Waals surface area contributed by atoms with Crippen LogP contribution in [0.5, 0.6) is 11.5 Å². The van der Waals surface area contributed by atoms with Crippen LogP contribution >= 0.6 is 15.9 Å². The molecule has 0 aliphatic heterocycles. The topological polar surface area (TPSA) is 55.4 Å². The van der Waals surface area contributed by atoms with E-state index in [1.54, 1.807) is 26.4 Å². The molecular formula is C14H21BrO6. The molecule has 1 rings (SSSR count). The molecule has 0 amide bonds. The summed E-state index contributed by atoms with van der Waals surface area (Å²) in [7, 11) is 3.25. The van der Waals surface area contributed by atoms with E-state index in [1.807, 2.05) is 6.07 Å². The second-order valence-corrected chi connectivity index (χ2v) is 4.77. The molecule has 120 valence electrons. The average molecular weight is 365 g/mol. The zero-order valence-corrected chi connectivity index (χ0v) is 13.9. The lowest BCUT2D eigenvalue weighted by Gasteiger charge is -2.11. The van der Waals surface area contributed by atoms with Gasteiger partial charge in [-0.3, -0.25) is 0 Å². The van der Waals surface area contributed by atoms with Gasteiger partial charge in [-0.2, -0.15) is 0 Å². The van der Waals surface area contributed by atoms with Gasteiger partial charge in [0.05, 0.1) is 30.9 Å². The van der Waals surface area contributed by atoms with Crippen LogP contribution in [0.2, 0.25) is 0 Å². The van der Waals surface area contributed by atoms with Crippen LogP contribution in [-0.4, -0.2) is 54.2 Å². The van der Waals surface area contributed by atoms with Gasteiger partial charge < -0.3 is 28.4 Å². The number of methoxy groups -OCH3 is 2. The van der Waals surface area contributed by atoms with Crippen LogP contribution in [0.3, 0.4) is 0 Å². The zero-order valence-electron chi connectivity index (χ0n) is 12.3. The van der Waals surface area contributed by atoms with Crippen molar-refractivity contribution in [2.45, 2.75) is 0 Å². The highest BCUT2D eigenvalue weighted by Gasteiger charge is 2.04. The highest BCUT2D eigenvalue weighted by Crippen LogP contribution is 2.29. The lowest BCUT2D eigenvalue weighted by Crippen LogP contribution is -2.08. The van der Waals surface area contributed by atoms with Gasteiger partial charge in [-0.25, -0.2) is 0 Å². The Balaban J connectivity index is 2.27. The second-order valence-electron chi connectivity index (χ2n) is 3.92. The summed E-state index contributed by atoms with van der Waals surface area (Å²) in [6.07, 6.45) is 0. The molecule has 0 N–H and O–H groups in total. The standard InChI is InChI=1S/C14H21BrO6/c1-16-5-7-18-10-20-12-3-4-14(13(15)9-12)21-11-19-8-6-17-2/h3-4,9H,5-8,10-11H2,1-2H3. The maximum absolute atomic E-state index is 5.47. The number of rotatable bonds is 12. The van der Waals surface area contributed by atoms with Crippen molar-refractivity contribution >= 4 is 15.9 Å². The largest absolute Gasteiger partial charge is 0.468 e. The Bertz CT molecular complexity index is 388. The van der Waals surface area contributed by atoms with Crippen molar-refractivity contribution < 1.29 is 28.4 Å². The lowest BCUT2D eigenvalue weighted by atomic mass is 10.3. The average Bonchev–Trinajstić information content (AvgIpc) is 2.48. The summed E-state index contributed by atoms with van der Waals surface area (Å²) in [5.41, 5.74) is 0. The van der Waals surface area contributed by atoms with E-state index in [0.29, 0.717) is 37.9 Å². The van der Waals surface area contributed by atoms with Crippen molar-refractivity contribution in [1.82, 2.24) is 0 Å². The number of hydrogen-bond acceptors (Lipinski definition) is 6. The van der Waals surface area contributed by atoms with Crippen molar-refractivity contribution in [2.75, 3.05) is 54.2 Å². The molecule has 0 fully saturated rings. The SMILES string of the molecule is COCCOCOc1ccc(OCOCCOC)c(Br)c1. The minimum absolute atomic E-state index is 0.169. The molecule has 0 unspecified atom stereocenters. The van der Waals surface area contributed by atoms with Crippen LogP contribution in [0.1, 0.15) is 0 Å². The maximum atomic E-state index is 5.47. The molecular weight excluding hydrogens is 344 g/mol. The molecule has 0 heterocycles. The fourth-order valence-corrected chi connectivity index (χ4v) is 1.78. The van der Waals surface area contributed by atoms with E-state index in [-0.39, 0.29) is 13.6 Å². The third-order valence-corrected chi connectivity index (χ3v) is 2.99. The normalized spacial score (nSPS) is 10.6. The predicted molar refractivity (Wildman–Crippen MR) is 80.8 cm³/mol. The minimum Gasteiger partial charge on any atom is -0.468 e. The molecule has 21 heavy (non-hydrogen) atoms. The van der Waals surface area contributed by atoms with Gasteiger partial charge in [0.15, 0.2) is 13.6 Å². The number of benzene rings is 1. The quantitative estimate of drug-likeness (QED) is 0.419. The van der Waals surface area contributed by atoms with Crippen molar-refractivity contribution in [2.24, 2.45) is 0 Å². The molecule has 0 spiro atoms. The minimum atomic E-state index is 0.169. The van der Waals surface area contributed by atoms with Gasteiger partial charge in [-0.1, -0.05) is 0 Å². The number of ether oxygens (including phenoxy) is 6. The summed E-state index contributed by atoms with van der Waals surface area (Å²) < 4.78 is 31.9. The summed E-state index contributed by atoms with van der Waals surface area (Å²) in [4.78, 5) is 0. The fourth-order valence-electron chi connectivity index (χ4n) is 1.31. The summed E-state index contributed by atoms with van der Waals surface area (Å²) >= 11 is 3.42. The van der Waals surface area contributed by atoms with Crippen LogP contribution in [0.15, 0.2) is 22.7 Å². The van der Waals surface area contributed by atoms with E-state index in [9.17, 15) is 0 Å². The summed E-state index contributed by atoms with van der Waals surface area (Å²) in [5, 5.41) is 0. The van der Waals surface area contributed by atoms with Crippen molar-refractivity contribution in [3.05, 3.63) is 22.7 Å². The van der Waals surface area contributed by atoms with Gasteiger partial charge >= 0.3 is 0 Å². The second kappa shape index (κ2) is 11.8. The first-order valence-corrected chi connectivity index (χ1v) is 7.25. The van der Waals surface area contributed by atoms with E-state index < -0.39 is 0 Å². The maximum Gasteiger partial charge on any atom is 0.189 e. The molecule has 7 heteroatoms. The van der Waals surface area contributed by atoms with Gasteiger partial charge in [0.2, 0.25) is 0 Å². The van der Waals surface area contributed by atoms with Crippen LogP contribution < -0.4 is 9.47 Å². The Hall–Kier alpha value is -0.860. The molecule has 0 aliphatic carbocycles. The van der Waals surface area contributed by atoms with E-state index in [4.69, 9.17) is 28.4 Å². The Morgan fingerprint density at radius 2 is 1.48 bits per heavy atom. The Morgan fingerprint density at radius 1 is 0.857 bits per heavy atom. The van der Waals surface area contributed by atoms with Gasteiger partial charge in [0.25, 0.3) is 0 Å². The first-order valence-electron chi connectivity index (χ1n) is 6.46. The Labute approximate surface area is 133 Å². The third-order valence-electron chi connectivity index (χ3n) is 2.37. The number of halogens is 1. The zero-order chi connectivity index (χ0) is 15.3. The molecule has 1 aromatic carbocycles. The first kappa shape index (κ1) is 18.2. The molecule has 0 radical (unpaired) electrons.